The summed E-state index contributed by atoms with van der Waals surface area (Å²) in [6.45, 7) is 8.12. The Kier molecular flexibility index (Phi) is 5.52. The monoisotopic (exact) mass is 320 g/mol. The molecule has 5 nitrogen and oxygen atoms in total. The summed E-state index contributed by atoms with van der Waals surface area (Å²) in [5.41, 5.74) is 0.659. The van der Waals surface area contributed by atoms with E-state index in [1.165, 1.54) is 0 Å². The van der Waals surface area contributed by atoms with Gasteiger partial charge in [-0.25, -0.2) is 4.79 Å². The van der Waals surface area contributed by atoms with E-state index in [0.717, 1.165) is 17.7 Å². The van der Waals surface area contributed by atoms with Crippen LogP contribution in [-0.2, 0) is 0 Å². The van der Waals surface area contributed by atoms with Crippen LogP contribution < -0.4 is 15.4 Å². The number of carbonyl (C=O) groups excluding carboxylic acids is 1. The van der Waals surface area contributed by atoms with E-state index >= 15 is 0 Å². The quantitative estimate of drug-likeness (QED) is 0.781. The molecular formula is C18H28N2O3. The maximum absolute atomic E-state index is 12.3. The highest BCUT2D eigenvalue weighted by molar-refractivity contribution is 5.75. The predicted octanol–water partition coefficient (Wildman–Crippen LogP) is 3.00. The number of aliphatic hydroxyl groups is 1. The molecule has 2 amide bonds. The first-order chi connectivity index (χ1) is 10.8. The van der Waals surface area contributed by atoms with Crippen molar-refractivity contribution in [3.8, 4) is 5.75 Å². The second-order valence-corrected chi connectivity index (χ2v) is 7.28. The molecule has 0 aliphatic carbocycles. The number of aliphatic hydroxyl groups excluding tert-OH is 1. The first-order valence-corrected chi connectivity index (χ1v) is 8.26. The molecule has 0 spiro atoms. The van der Waals surface area contributed by atoms with Gasteiger partial charge in [-0.2, -0.15) is 0 Å². The summed E-state index contributed by atoms with van der Waals surface area (Å²) in [6, 6.07) is 7.21. The summed E-state index contributed by atoms with van der Waals surface area (Å²) in [6.07, 6.45) is 1.45. The van der Waals surface area contributed by atoms with Crippen LogP contribution in [0.1, 0.15) is 52.1 Å². The Morgan fingerprint density at radius 1 is 1.39 bits per heavy atom. The van der Waals surface area contributed by atoms with Gasteiger partial charge in [-0.15, -0.1) is 0 Å². The molecule has 2 atom stereocenters. The molecule has 1 aliphatic rings. The molecule has 128 valence electrons. The highest BCUT2D eigenvalue weighted by atomic mass is 16.5. The van der Waals surface area contributed by atoms with Crippen LogP contribution in [0.25, 0.3) is 0 Å². The van der Waals surface area contributed by atoms with Crippen LogP contribution in [0.15, 0.2) is 24.3 Å². The van der Waals surface area contributed by atoms with Gasteiger partial charge in [0.2, 0.25) is 0 Å². The third-order valence-corrected chi connectivity index (χ3v) is 3.99. The zero-order valence-electron chi connectivity index (χ0n) is 14.4. The third kappa shape index (κ3) is 4.86. The molecule has 2 rings (SSSR count). The van der Waals surface area contributed by atoms with Crippen LogP contribution in [0.4, 0.5) is 4.79 Å². The van der Waals surface area contributed by atoms with Crippen molar-refractivity contribution in [3.63, 3.8) is 0 Å². The minimum Gasteiger partial charge on any atom is -0.487 e. The number of rotatable bonds is 5. The van der Waals surface area contributed by atoms with Crippen molar-refractivity contribution < 1.29 is 14.6 Å². The molecule has 2 unspecified atom stereocenters. The molecular weight excluding hydrogens is 292 g/mol. The van der Waals surface area contributed by atoms with E-state index in [4.69, 9.17) is 4.74 Å². The number of benzene rings is 1. The van der Waals surface area contributed by atoms with Crippen molar-refractivity contribution in [2.45, 2.75) is 58.2 Å². The fourth-order valence-corrected chi connectivity index (χ4v) is 3.06. The van der Waals surface area contributed by atoms with Gasteiger partial charge in [0.1, 0.15) is 11.4 Å². The van der Waals surface area contributed by atoms with Crippen molar-refractivity contribution in [1.29, 1.82) is 0 Å². The Bertz CT molecular complexity index is 543. The van der Waals surface area contributed by atoms with Crippen LogP contribution in [0.2, 0.25) is 0 Å². The maximum atomic E-state index is 12.3. The number of para-hydroxylation sites is 1. The number of urea groups is 1. The van der Waals surface area contributed by atoms with Crippen LogP contribution in [-0.4, -0.2) is 29.4 Å². The lowest BCUT2D eigenvalue weighted by atomic mass is 9.90. The highest BCUT2D eigenvalue weighted by Gasteiger charge is 2.34. The molecule has 3 N–H and O–H groups in total. The van der Waals surface area contributed by atoms with Gasteiger partial charge in [-0.1, -0.05) is 32.0 Å². The fourth-order valence-electron chi connectivity index (χ4n) is 3.06. The number of carbonyl (C=O) groups is 1. The molecule has 0 saturated heterocycles. The average molecular weight is 320 g/mol. The topological polar surface area (TPSA) is 70.6 Å². The van der Waals surface area contributed by atoms with Gasteiger partial charge in [0, 0.05) is 12.0 Å². The van der Waals surface area contributed by atoms with E-state index in [9.17, 15) is 9.90 Å². The Morgan fingerprint density at radius 2 is 2.09 bits per heavy atom. The standard InChI is InChI=1S/C18H28N2O3/c1-12(2)9-13(11-21)19-17(22)20-15-10-18(3,4)23-16-8-6-5-7-14(15)16/h5-8,12-13,15,21H,9-11H2,1-4H3,(H2,19,20,22). The number of hydrogen-bond acceptors (Lipinski definition) is 3. The van der Waals surface area contributed by atoms with Gasteiger partial charge >= 0.3 is 6.03 Å². The molecule has 0 bridgehead atoms. The molecule has 1 aromatic rings. The Hall–Kier alpha value is -1.75. The van der Waals surface area contributed by atoms with Crippen LogP contribution in [0.5, 0.6) is 5.75 Å². The van der Waals surface area contributed by atoms with E-state index in [0.29, 0.717) is 12.3 Å². The molecule has 0 saturated carbocycles. The van der Waals surface area contributed by atoms with Gasteiger partial charge < -0.3 is 20.5 Å². The first kappa shape index (κ1) is 17.6. The Morgan fingerprint density at radius 3 is 2.74 bits per heavy atom. The van der Waals surface area contributed by atoms with Crippen LogP contribution in [0, 0.1) is 5.92 Å². The van der Waals surface area contributed by atoms with E-state index in [-0.39, 0.29) is 30.3 Å². The SMILES string of the molecule is CC(C)CC(CO)NC(=O)NC1CC(C)(C)Oc2ccccc21. The average Bonchev–Trinajstić information content (AvgIpc) is 2.44. The molecule has 1 heterocycles. The van der Waals surface area contributed by atoms with Crippen molar-refractivity contribution in [2.24, 2.45) is 5.92 Å². The molecule has 5 heteroatoms. The van der Waals surface area contributed by atoms with Crippen molar-refractivity contribution >= 4 is 6.03 Å². The van der Waals surface area contributed by atoms with Crippen LogP contribution >= 0.6 is 0 Å². The van der Waals surface area contributed by atoms with Gasteiger partial charge in [0.25, 0.3) is 0 Å². The van der Waals surface area contributed by atoms with E-state index in [1.54, 1.807) is 0 Å². The summed E-state index contributed by atoms with van der Waals surface area (Å²) in [7, 11) is 0. The summed E-state index contributed by atoms with van der Waals surface area (Å²) >= 11 is 0. The summed E-state index contributed by atoms with van der Waals surface area (Å²) in [5.74, 6) is 1.23. The zero-order chi connectivity index (χ0) is 17.0. The number of hydrogen-bond donors (Lipinski definition) is 3. The minimum absolute atomic E-state index is 0.0541. The van der Waals surface area contributed by atoms with Gasteiger partial charge in [0.15, 0.2) is 0 Å². The second kappa shape index (κ2) is 7.21. The molecule has 0 radical (unpaired) electrons. The van der Waals surface area contributed by atoms with Gasteiger partial charge in [0.05, 0.1) is 18.7 Å². The van der Waals surface area contributed by atoms with Crippen molar-refractivity contribution in [1.82, 2.24) is 10.6 Å². The molecule has 23 heavy (non-hydrogen) atoms. The van der Waals surface area contributed by atoms with Gasteiger partial charge in [-0.05, 0) is 32.3 Å². The summed E-state index contributed by atoms with van der Waals surface area (Å²) in [4.78, 5) is 12.3. The number of ether oxygens (including phenoxy) is 1. The molecule has 0 aromatic heterocycles. The van der Waals surface area contributed by atoms with Crippen molar-refractivity contribution in [2.75, 3.05) is 6.61 Å². The summed E-state index contributed by atoms with van der Waals surface area (Å²) < 4.78 is 5.97. The number of nitrogens with one attached hydrogen (secondary N) is 2. The highest BCUT2D eigenvalue weighted by Crippen LogP contribution is 2.39. The lowest BCUT2D eigenvalue weighted by Gasteiger charge is -2.38. The lowest BCUT2D eigenvalue weighted by Crippen LogP contribution is -2.48. The fraction of sp³-hybridized carbons (Fsp3) is 0.611. The lowest BCUT2D eigenvalue weighted by molar-refractivity contribution is 0.0676. The number of amides is 2. The third-order valence-electron chi connectivity index (χ3n) is 3.99. The Balaban J connectivity index is 2.05. The molecule has 0 fully saturated rings. The van der Waals surface area contributed by atoms with E-state index < -0.39 is 0 Å². The predicted molar refractivity (Wildman–Crippen MR) is 90.5 cm³/mol. The molecule has 1 aliphatic heterocycles. The first-order valence-electron chi connectivity index (χ1n) is 8.26. The minimum atomic E-state index is -0.333. The maximum Gasteiger partial charge on any atom is 0.315 e. The largest absolute Gasteiger partial charge is 0.487 e. The summed E-state index contributed by atoms with van der Waals surface area (Å²) in [5, 5.41) is 15.3. The van der Waals surface area contributed by atoms with Gasteiger partial charge in [-0.3, -0.25) is 0 Å². The van der Waals surface area contributed by atoms with E-state index in [2.05, 4.69) is 24.5 Å². The normalized spacial score (nSPS) is 20.3. The molecule has 1 aromatic carbocycles. The van der Waals surface area contributed by atoms with Crippen LogP contribution in [0.3, 0.4) is 0 Å². The zero-order valence-corrected chi connectivity index (χ0v) is 14.4. The van der Waals surface area contributed by atoms with E-state index in [1.807, 2.05) is 38.1 Å². The van der Waals surface area contributed by atoms with Crippen molar-refractivity contribution in [3.05, 3.63) is 29.8 Å². The second-order valence-electron chi connectivity index (χ2n) is 7.28. The smallest absolute Gasteiger partial charge is 0.315 e. The number of fused-ring (bicyclic) bond motifs is 1. The Labute approximate surface area is 138 Å².